The molecule has 66 valence electrons. The van der Waals surface area contributed by atoms with Gasteiger partial charge in [0.15, 0.2) is 0 Å². The lowest BCUT2D eigenvalue weighted by Crippen LogP contribution is -2.21. The summed E-state index contributed by atoms with van der Waals surface area (Å²) in [5, 5.41) is 0. The summed E-state index contributed by atoms with van der Waals surface area (Å²) in [6, 6.07) is 0. The quantitative estimate of drug-likeness (QED) is 0.500. The van der Waals surface area contributed by atoms with Gasteiger partial charge in [0.1, 0.15) is 0 Å². The fourth-order valence-corrected chi connectivity index (χ4v) is 1.62. The predicted molar refractivity (Wildman–Crippen MR) is 56.1 cm³/mol. The van der Waals surface area contributed by atoms with Crippen molar-refractivity contribution in [2.45, 2.75) is 47.5 Å². The molecule has 11 heavy (non-hydrogen) atoms. The van der Waals surface area contributed by atoms with Gasteiger partial charge in [-0.25, -0.2) is 0 Å². The van der Waals surface area contributed by atoms with E-state index in [1.54, 1.807) is 0 Å². The van der Waals surface area contributed by atoms with Crippen molar-refractivity contribution in [1.29, 1.82) is 0 Å². The second-order valence-corrected chi connectivity index (χ2v) is 4.08. The summed E-state index contributed by atoms with van der Waals surface area (Å²) in [6.07, 6.45) is 2.47. The van der Waals surface area contributed by atoms with E-state index in [9.17, 15) is 0 Å². The van der Waals surface area contributed by atoms with Crippen LogP contribution in [0.15, 0.2) is 0 Å². The summed E-state index contributed by atoms with van der Waals surface area (Å²) in [4.78, 5) is 1.27. The van der Waals surface area contributed by atoms with Crippen LogP contribution in [0.25, 0.3) is 0 Å². The first kappa shape index (κ1) is 11.1. The van der Waals surface area contributed by atoms with Gasteiger partial charge in [0.05, 0.1) is 0 Å². The minimum absolute atomic E-state index is 0.343. The van der Waals surface area contributed by atoms with Crippen molar-refractivity contribution >= 4 is 17.1 Å². The van der Waals surface area contributed by atoms with Crippen molar-refractivity contribution in [2.24, 2.45) is 11.3 Å². The van der Waals surface area contributed by atoms with Crippen LogP contribution in [-0.4, -0.2) is 4.86 Å². The fourth-order valence-electron chi connectivity index (χ4n) is 1.31. The standard InChI is InChI=1S/C8H14S.C2H6/c1-6-4-5-7(9)8(6,2)3;1-2/h6H,4-5H2,1-3H3;1-2H3. The first-order valence-electron chi connectivity index (χ1n) is 4.58. The molecule has 0 radical (unpaired) electrons. The van der Waals surface area contributed by atoms with Crippen molar-refractivity contribution in [3.63, 3.8) is 0 Å². The molecule has 0 N–H and O–H groups in total. The summed E-state index contributed by atoms with van der Waals surface area (Å²) >= 11 is 5.23. The summed E-state index contributed by atoms with van der Waals surface area (Å²) in [7, 11) is 0. The highest BCUT2D eigenvalue weighted by molar-refractivity contribution is 7.80. The molecule has 1 fully saturated rings. The Labute approximate surface area is 76.4 Å². The van der Waals surface area contributed by atoms with Gasteiger partial charge in [-0.05, 0) is 29.0 Å². The van der Waals surface area contributed by atoms with Gasteiger partial charge >= 0.3 is 0 Å². The molecular formula is C10H20S. The Morgan fingerprint density at radius 1 is 1.36 bits per heavy atom. The zero-order chi connectivity index (χ0) is 9.07. The zero-order valence-electron chi connectivity index (χ0n) is 8.40. The Morgan fingerprint density at radius 2 is 1.82 bits per heavy atom. The van der Waals surface area contributed by atoms with Crippen molar-refractivity contribution in [1.82, 2.24) is 0 Å². The molecule has 0 spiro atoms. The lowest BCUT2D eigenvalue weighted by molar-refractivity contribution is 0.366. The molecule has 1 rings (SSSR count). The van der Waals surface area contributed by atoms with Crippen molar-refractivity contribution in [2.75, 3.05) is 0 Å². The average molecular weight is 172 g/mol. The molecule has 0 amide bonds. The molecule has 0 heterocycles. The third-order valence-corrected chi connectivity index (χ3v) is 3.49. The molecule has 0 aromatic carbocycles. The van der Waals surface area contributed by atoms with E-state index < -0.39 is 0 Å². The molecule has 0 bridgehead atoms. The van der Waals surface area contributed by atoms with Crippen LogP contribution in [-0.2, 0) is 0 Å². The number of hydrogen-bond acceptors (Lipinski definition) is 1. The Balaban J connectivity index is 0.000000461. The Morgan fingerprint density at radius 3 is 1.91 bits per heavy atom. The maximum atomic E-state index is 5.23. The molecule has 0 aromatic rings. The lowest BCUT2D eigenvalue weighted by Gasteiger charge is -2.23. The minimum Gasteiger partial charge on any atom is -0.0891 e. The van der Waals surface area contributed by atoms with Crippen LogP contribution in [0.3, 0.4) is 0 Å². The Bertz CT molecular complexity index is 136. The zero-order valence-corrected chi connectivity index (χ0v) is 9.22. The molecule has 1 unspecified atom stereocenters. The van der Waals surface area contributed by atoms with E-state index >= 15 is 0 Å². The average Bonchev–Trinajstić information content (AvgIpc) is 2.21. The van der Waals surface area contributed by atoms with Crippen LogP contribution in [0.4, 0.5) is 0 Å². The number of thiocarbonyl (C=S) groups is 1. The third kappa shape index (κ3) is 2.26. The highest BCUT2D eigenvalue weighted by Gasteiger charge is 2.35. The third-order valence-electron chi connectivity index (χ3n) is 2.76. The largest absolute Gasteiger partial charge is 0.0891 e. The first-order chi connectivity index (χ1) is 5.05. The molecule has 1 aliphatic carbocycles. The number of hydrogen-bond donors (Lipinski definition) is 0. The van der Waals surface area contributed by atoms with Crippen LogP contribution >= 0.6 is 12.2 Å². The topological polar surface area (TPSA) is 0 Å². The first-order valence-corrected chi connectivity index (χ1v) is 4.99. The summed E-state index contributed by atoms with van der Waals surface area (Å²) < 4.78 is 0. The van der Waals surface area contributed by atoms with E-state index in [0.717, 1.165) is 5.92 Å². The molecular weight excluding hydrogens is 152 g/mol. The van der Waals surface area contributed by atoms with E-state index in [0.29, 0.717) is 5.41 Å². The van der Waals surface area contributed by atoms with Crippen LogP contribution in [0, 0.1) is 11.3 Å². The maximum absolute atomic E-state index is 5.23. The van der Waals surface area contributed by atoms with Gasteiger partial charge in [0.2, 0.25) is 0 Å². The predicted octanol–water partition coefficient (Wildman–Crippen LogP) is 3.84. The van der Waals surface area contributed by atoms with E-state index in [-0.39, 0.29) is 0 Å². The van der Waals surface area contributed by atoms with E-state index in [2.05, 4.69) is 20.8 Å². The van der Waals surface area contributed by atoms with Crippen LogP contribution in [0.1, 0.15) is 47.5 Å². The summed E-state index contributed by atoms with van der Waals surface area (Å²) in [6.45, 7) is 10.8. The lowest BCUT2D eigenvalue weighted by atomic mass is 9.83. The summed E-state index contributed by atoms with van der Waals surface area (Å²) in [5.74, 6) is 0.796. The van der Waals surface area contributed by atoms with Crippen molar-refractivity contribution < 1.29 is 0 Å². The Hall–Kier alpha value is 0.0900. The van der Waals surface area contributed by atoms with E-state index in [4.69, 9.17) is 12.2 Å². The molecule has 1 atom stereocenters. The number of rotatable bonds is 0. The highest BCUT2D eigenvalue weighted by atomic mass is 32.1. The molecule has 1 saturated carbocycles. The van der Waals surface area contributed by atoms with Crippen LogP contribution < -0.4 is 0 Å². The molecule has 0 nitrogen and oxygen atoms in total. The second-order valence-electron chi connectivity index (χ2n) is 3.58. The van der Waals surface area contributed by atoms with Crippen LogP contribution in [0.5, 0.6) is 0 Å². The van der Waals surface area contributed by atoms with E-state index in [1.807, 2.05) is 13.8 Å². The van der Waals surface area contributed by atoms with Crippen molar-refractivity contribution in [3.8, 4) is 0 Å². The smallest absolute Gasteiger partial charge is 0.00125 e. The van der Waals surface area contributed by atoms with Gasteiger partial charge in [-0.15, -0.1) is 0 Å². The van der Waals surface area contributed by atoms with Gasteiger partial charge < -0.3 is 0 Å². The normalized spacial score (nSPS) is 27.7. The monoisotopic (exact) mass is 172 g/mol. The van der Waals surface area contributed by atoms with E-state index in [1.165, 1.54) is 17.7 Å². The van der Waals surface area contributed by atoms with Crippen molar-refractivity contribution in [3.05, 3.63) is 0 Å². The van der Waals surface area contributed by atoms with Crippen LogP contribution in [0.2, 0.25) is 0 Å². The fraction of sp³-hybridized carbons (Fsp3) is 0.900. The molecule has 0 aromatic heterocycles. The molecule has 1 aliphatic rings. The summed E-state index contributed by atoms with van der Waals surface area (Å²) in [5.41, 5.74) is 0.343. The minimum atomic E-state index is 0.343. The van der Waals surface area contributed by atoms with Gasteiger partial charge in [0, 0.05) is 0 Å². The SMILES string of the molecule is CC.CC1CCC(=S)C1(C)C. The highest BCUT2D eigenvalue weighted by Crippen LogP contribution is 2.39. The maximum Gasteiger partial charge on any atom is -0.00125 e. The molecule has 1 heteroatoms. The van der Waals surface area contributed by atoms with Gasteiger partial charge in [0.25, 0.3) is 0 Å². The van der Waals surface area contributed by atoms with Gasteiger partial charge in [-0.1, -0.05) is 46.8 Å². The van der Waals surface area contributed by atoms with Gasteiger partial charge in [-0.3, -0.25) is 0 Å². The Kier molecular flexibility index (Phi) is 4.23. The molecule has 0 aliphatic heterocycles. The van der Waals surface area contributed by atoms with Gasteiger partial charge in [-0.2, -0.15) is 0 Å². The second kappa shape index (κ2) is 4.20. The molecule has 0 saturated heterocycles.